The lowest BCUT2D eigenvalue weighted by atomic mass is 9.71. The zero-order chi connectivity index (χ0) is 29.8. The van der Waals surface area contributed by atoms with Crippen molar-refractivity contribution >= 4 is 29.5 Å². The Labute approximate surface area is 247 Å². The molecule has 0 bridgehead atoms. The van der Waals surface area contributed by atoms with Crippen molar-refractivity contribution in [3.8, 4) is 5.88 Å². The molecule has 0 spiro atoms. The maximum absolute atomic E-state index is 12.8. The van der Waals surface area contributed by atoms with Crippen LogP contribution in [0, 0.1) is 6.92 Å². The number of carbonyl (C=O) groups excluding carboxylic acids is 2. The van der Waals surface area contributed by atoms with Crippen LogP contribution >= 0.6 is 0 Å². The van der Waals surface area contributed by atoms with E-state index in [2.05, 4.69) is 20.2 Å². The molecule has 0 aliphatic carbocycles. The molecule has 4 aliphatic heterocycles. The van der Waals surface area contributed by atoms with E-state index in [1.807, 2.05) is 34.7 Å². The number of carbonyl (C=O) groups is 2. The zero-order valence-corrected chi connectivity index (χ0v) is 25.6. The van der Waals surface area contributed by atoms with Gasteiger partial charge in [-0.05, 0) is 59.8 Å². The van der Waals surface area contributed by atoms with Gasteiger partial charge in [-0.3, -0.25) is 9.69 Å². The predicted octanol–water partition coefficient (Wildman–Crippen LogP) is 4.23. The highest BCUT2D eigenvalue weighted by Crippen LogP contribution is 2.54. The zero-order valence-electron chi connectivity index (χ0n) is 25.6. The van der Waals surface area contributed by atoms with Gasteiger partial charge in [-0.25, -0.2) is 4.79 Å². The molecule has 12 nitrogen and oxygen atoms in total. The number of aryl methyl sites for hydroxylation is 1. The second-order valence-electron chi connectivity index (χ2n) is 13.2. The number of rotatable bonds is 8. The van der Waals surface area contributed by atoms with Gasteiger partial charge in [0.2, 0.25) is 11.8 Å². The number of hydrogen-bond donors (Lipinski definition) is 1. The van der Waals surface area contributed by atoms with Gasteiger partial charge >= 0.3 is 6.09 Å². The summed E-state index contributed by atoms with van der Waals surface area (Å²) in [7, 11) is 2.04. The van der Waals surface area contributed by atoms with Gasteiger partial charge in [0.05, 0.1) is 18.8 Å². The van der Waals surface area contributed by atoms with Gasteiger partial charge < -0.3 is 24.4 Å². The number of anilines is 3. The molecule has 4 aliphatic rings. The largest absolute Gasteiger partial charge is 0.472 e. The van der Waals surface area contributed by atoms with Gasteiger partial charge in [0.15, 0.2) is 11.6 Å². The molecule has 1 unspecified atom stereocenters. The van der Waals surface area contributed by atoms with Crippen LogP contribution in [0.1, 0.15) is 78.3 Å². The van der Waals surface area contributed by atoms with E-state index in [9.17, 15) is 9.59 Å². The van der Waals surface area contributed by atoms with E-state index < -0.39 is 11.7 Å². The Balaban J connectivity index is 1.23. The van der Waals surface area contributed by atoms with Crippen LogP contribution in [0.4, 0.5) is 22.4 Å². The van der Waals surface area contributed by atoms with Crippen molar-refractivity contribution in [3.63, 3.8) is 0 Å². The van der Waals surface area contributed by atoms with Crippen molar-refractivity contribution in [2.24, 2.45) is 0 Å². The molecule has 228 valence electrons. The molecule has 2 aromatic rings. The smallest absolute Gasteiger partial charge is 0.435 e. The average Bonchev–Trinajstić information content (AvgIpc) is 3.64. The van der Waals surface area contributed by atoms with Gasteiger partial charge in [-0.2, -0.15) is 14.6 Å². The first-order chi connectivity index (χ1) is 20.0. The minimum atomic E-state index is -0.632. The third-order valence-corrected chi connectivity index (χ3v) is 9.11. The van der Waals surface area contributed by atoms with Gasteiger partial charge in [0, 0.05) is 55.8 Å². The fourth-order valence-corrected chi connectivity index (χ4v) is 7.24. The van der Waals surface area contributed by atoms with E-state index in [-0.39, 0.29) is 17.7 Å². The van der Waals surface area contributed by atoms with Gasteiger partial charge in [0.1, 0.15) is 17.5 Å². The number of ketones is 1. The number of piperidine rings is 1. The molecule has 0 aromatic carbocycles. The first-order valence-electron chi connectivity index (χ1n) is 15.2. The number of Topliss-reactive ketones (excluding diaryl/α,β-unsaturated/α-hetero) is 1. The fourth-order valence-electron chi connectivity index (χ4n) is 7.24. The third kappa shape index (κ3) is 5.34. The van der Waals surface area contributed by atoms with Crippen molar-refractivity contribution in [1.82, 2.24) is 24.6 Å². The summed E-state index contributed by atoms with van der Waals surface area (Å²) in [5, 5.41) is 7.68. The summed E-state index contributed by atoms with van der Waals surface area (Å²) in [5.41, 5.74) is -0.203. The number of aromatic nitrogens is 4. The van der Waals surface area contributed by atoms with Crippen molar-refractivity contribution < 1.29 is 23.8 Å². The van der Waals surface area contributed by atoms with Gasteiger partial charge in [-0.1, -0.05) is 6.92 Å². The minimum absolute atomic E-state index is 0.0690. The highest BCUT2D eigenvalue weighted by Gasteiger charge is 2.63. The SMILES string of the molecule is CCC(=O)C12CC[C@H]3C[C@H](N(C)c4nc(Nc5cc(C)n(C(=O)OC(C)(C)C)n5)cc(O[C@@H]5CCOC5)n4)C[C@@H](C1)N32. The molecule has 0 saturated carbocycles. The van der Waals surface area contributed by atoms with Crippen LogP contribution in [0.3, 0.4) is 0 Å². The molecule has 6 heterocycles. The monoisotopic (exact) mass is 581 g/mol. The summed E-state index contributed by atoms with van der Waals surface area (Å²) < 4.78 is 18.5. The molecular formula is C30H43N7O5. The third-order valence-electron chi connectivity index (χ3n) is 9.11. The highest BCUT2D eigenvalue weighted by molar-refractivity contribution is 5.90. The molecule has 5 atom stereocenters. The normalized spacial score (nSPS) is 28.6. The summed E-state index contributed by atoms with van der Waals surface area (Å²) in [4.78, 5) is 39.8. The minimum Gasteiger partial charge on any atom is -0.472 e. The lowest BCUT2D eigenvalue weighted by Crippen LogP contribution is -2.71. The molecule has 4 saturated heterocycles. The Kier molecular flexibility index (Phi) is 7.41. The van der Waals surface area contributed by atoms with Crippen LogP contribution in [-0.2, 0) is 14.3 Å². The average molecular weight is 582 g/mol. The van der Waals surface area contributed by atoms with Crippen LogP contribution in [0.5, 0.6) is 5.88 Å². The van der Waals surface area contributed by atoms with E-state index in [0.717, 1.165) is 38.5 Å². The number of nitrogens with one attached hydrogen (secondary N) is 1. The van der Waals surface area contributed by atoms with Crippen LogP contribution in [0.15, 0.2) is 12.1 Å². The number of nitrogens with zero attached hydrogens (tertiary/aromatic N) is 6. The summed E-state index contributed by atoms with van der Waals surface area (Å²) in [6, 6.07) is 4.61. The summed E-state index contributed by atoms with van der Waals surface area (Å²) in [5.74, 6) is 2.40. The topological polar surface area (TPSA) is 124 Å². The van der Waals surface area contributed by atoms with E-state index in [4.69, 9.17) is 24.2 Å². The van der Waals surface area contributed by atoms with Crippen LogP contribution in [0.25, 0.3) is 0 Å². The number of ether oxygens (including phenoxy) is 3. The van der Waals surface area contributed by atoms with Gasteiger partial charge in [-0.15, -0.1) is 5.10 Å². The van der Waals surface area contributed by atoms with E-state index in [1.165, 1.54) is 4.68 Å². The second kappa shape index (κ2) is 10.8. The molecule has 2 aromatic heterocycles. The maximum Gasteiger partial charge on any atom is 0.435 e. The van der Waals surface area contributed by atoms with Crippen molar-refractivity contribution in [2.75, 3.05) is 30.5 Å². The fraction of sp³-hybridized carbons (Fsp3) is 0.700. The molecular weight excluding hydrogens is 538 g/mol. The van der Waals surface area contributed by atoms with E-state index >= 15 is 0 Å². The summed E-state index contributed by atoms with van der Waals surface area (Å²) in [6.45, 7) is 10.4. The Morgan fingerprint density at radius 2 is 1.95 bits per heavy atom. The Hall–Kier alpha value is -3.25. The van der Waals surface area contributed by atoms with Gasteiger partial charge in [0.25, 0.3) is 0 Å². The standard InChI is InChI=1S/C30H43N7O5/c1-7-23(38)30-10-8-19-13-20(14-21(16-30)36(19)30)35(6)27-32-24(15-26(33-27)41-22-9-11-40-17-22)31-25-12-18(2)37(34-25)28(39)42-29(3,4)5/h12,15,19-22H,7-11,13-14,16-17H2,1-6H3,(H,31,32,33,34)/t19-,20-,21-,22+,30?/m0/s1. The molecule has 42 heavy (non-hydrogen) atoms. The summed E-state index contributed by atoms with van der Waals surface area (Å²) in [6.07, 6.45) is 5.74. The highest BCUT2D eigenvalue weighted by atomic mass is 16.6. The summed E-state index contributed by atoms with van der Waals surface area (Å²) >= 11 is 0. The first kappa shape index (κ1) is 28.9. The van der Waals surface area contributed by atoms with Crippen LogP contribution in [-0.4, -0.2) is 92.2 Å². The van der Waals surface area contributed by atoms with E-state index in [1.54, 1.807) is 19.1 Å². The predicted molar refractivity (Wildman–Crippen MR) is 156 cm³/mol. The van der Waals surface area contributed by atoms with Crippen LogP contribution in [0.2, 0.25) is 0 Å². The lowest BCUT2D eigenvalue weighted by molar-refractivity contribution is -0.151. The first-order valence-corrected chi connectivity index (χ1v) is 15.2. The van der Waals surface area contributed by atoms with Crippen molar-refractivity contribution in [3.05, 3.63) is 17.8 Å². The Morgan fingerprint density at radius 1 is 1.17 bits per heavy atom. The quantitative estimate of drug-likeness (QED) is 0.482. The molecule has 0 radical (unpaired) electrons. The Morgan fingerprint density at radius 3 is 2.67 bits per heavy atom. The second-order valence-corrected chi connectivity index (χ2v) is 13.2. The molecule has 12 heteroatoms. The lowest BCUT2D eigenvalue weighted by Gasteiger charge is -2.60. The molecule has 1 N–H and O–H groups in total. The Bertz CT molecular complexity index is 1350. The molecule has 0 amide bonds. The number of hydrogen-bond acceptors (Lipinski definition) is 11. The van der Waals surface area contributed by atoms with E-state index in [0.29, 0.717) is 66.7 Å². The van der Waals surface area contributed by atoms with Crippen molar-refractivity contribution in [2.45, 2.75) is 115 Å². The molecule has 6 rings (SSSR count). The van der Waals surface area contributed by atoms with Crippen molar-refractivity contribution in [1.29, 1.82) is 0 Å². The molecule has 4 fully saturated rings. The van der Waals surface area contributed by atoms with Crippen LogP contribution < -0.4 is 15.0 Å². The maximum atomic E-state index is 12.8.